The summed E-state index contributed by atoms with van der Waals surface area (Å²) in [6.45, 7) is 12.9. The van der Waals surface area contributed by atoms with Gasteiger partial charge in [-0.25, -0.2) is 0 Å². The van der Waals surface area contributed by atoms with Gasteiger partial charge in [0.25, 0.3) is 5.91 Å². The van der Waals surface area contributed by atoms with Gasteiger partial charge in [0, 0.05) is 19.5 Å². The predicted octanol–water partition coefficient (Wildman–Crippen LogP) is 5.82. The second-order valence-corrected chi connectivity index (χ2v) is 27.2. The molecule has 0 aliphatic carbocycles. The Morgan fingerprint density at radius 3 is 1.73 bits per heavy atom. The molecule has 0 radical (unpaired) electrons. The Balaban J connectivity index is 0.000000259. The number of aromatic amines is 1. The Morgan fingerprint density at radius 1 is 0.633 bits per heavy atom. The summed E-state index contributed by atoms with van der Waals surface area (Å²) in [6, 6.07) is 16.0. The molecule has 0 fully saturated rings. The molecule has 3 aromatic heterocycles. The first-order chi connectivity index (χ1) is 46.3. The first-order valence-electron chi connectivity index (χ1n) is 30.9. The first kappa shape index (κ1) is 82.7. The number of hydrogen-bond donors (Lipinski definition) is 7. The molecule has 0 saturated carbocycles. The van der Waals surface area contributed by atoms with Gasteiger partial charge < -0.3 is 16.2 Å². The molecular formula is C60H82F4N16O14S4. The summed E-state index contributed by atoms with van der Waals surface area (Å²) in [5.74, 6) is 2.50. The Morgan fingerprint density at radius 2 is 1.15 bits per heavy atom. The lowest BCUT2D eigenvalue weighted by Gasteiger charge is -2.26. The number of aromatic nitrogens is 8. The zero-order valence-electron chi connectivity index (χ0n) is 55.3. The molecule has 2 amide bonds. The topological polar surface area (TPSA) is 422 Å². The van der Waals surface area contributed by atoms with Gasteiger partial charge in [0.15, 0.2) is 17.3 Å². The fourth-order valence-electron chi connectivity index (χ4n) is 8.94. The van der Waals surface area contributed by atoms with Crippen molar-refractivity contribution < 1.29 is 82.3 Å². The molecule has 7 N–H and O–H groups in total. The van der Waals surface area contributed by atoms with Crippen LogP contribution in [0.3, 0.4) is 0 Å². The van der Waals surface area contributed by atoms with E-state index in [9.17, 15) is 60.8 Å². The number of hydrogen-bond acceptors (Lipinski definition) is 21. The van der Waals surface area contributed by atoms with Crippen LogP contribution in [0.15, 0.2) is 60.7 Å². The molecule has 98 heavy (non-hydrogen) atoms. The van der Waals surface area contributed by atoms with Gasteiger partial charge in [-0.15, -0.1) is 20.4 Å². The van der Waals surface area contributed by atoms with Crippen molar-refractivity contribution in [1.29, 1.82) is 0 Å². The first-order valence-corrected chi connectivity index (χ1v) is 36.6. The summed E-state index contributed by atoms with van der Waals surface area (Å²) >= 11 is 0. The lowest BCUT2D eigenvalue weighted by atomic mass is 9.93. The minimum atomic E-state index is -4.35. The normalized spacial score (nSPS) is 20.2. The van der Waals surface area contributed by atoms with Crippen molar-refractivity contribution >= 4 is 59.2 Å². The third kappa shape index (κ3) is 30.2. The maximum Gasteiger partial charge on any atom is 0.344 e. The van der Waals surface area contributed by atoms with Gasteiger partial charge in [-0.3, -0.25) is 31.4 Å². The monoisotopic (exact) mass is 1450 g/mol. The summed E-state index contributed by atoms with van der Waals surface area (Å²) in [7, 11) is -15.7. The largest absolute Gasteiger partial charge is 0.361 e. The van der Waals surface area contributed by atoms with Crippen molar-refractivity contribution in [2.45, 2.75) is 182 Å². The summed E-state index contributed by atoms with van der Waals surface area (Å²) in [5.41, 5.74) is 12.2. The van der Waals surface area contributed by atoms with Crippen LogP contribution in [0.4, 0.5) is 17.6 Å². The van der Waals surface area contributed by atoms with Crippen LogP contribution in [-0.4, -0.2) is 142 Å². The van der Waals surface area contributed by atoms with Crippen LogP contribution in [0.25, 0.3) is 5.53 Å². The number of rotatable bonds is 16. The summed E-state index contributed by atoms with van der Waals surface area (Å²) < 4.78 is 174. The van der Waals surface area contributed by atoms with Gasteiger partial charge in [0.2, 0.25) is 0 Å². The second-order valence-electron chi connectivity index (χ2n) is 21.7. The highest BCUT2D eigenvalue weighted by Crippen LogP contribution is 2.38. The number of unbranched alkanes of at least 4 members (excludes halogenated alkanes) is 4. The molecule has 7 heterocycles. The summed E-state index contributed by atoms with van der Waals surface area (Å²) in [5, 5.41) is 34.1. The molecule has 9 rings (SSSR count). The molecule has 5 aromatic rings. The molecule has 0 bridgehead atoms. The smallest absolute Gasteiger partial charge is 0.344 e. The van der Waals surface area contributed by atoms with Crippen molar-refractivity contribution in [2.24, 2.45) is 0 Å². The summed E-state index contributed by atoms with van der Waals surface area (Å²) in [4.78, 5) is 25.9. The molecule has 0 saturated heterocycles. The Labute approximate surface area is 569 Å². The third-order valence-electron chi connectivity index (χ3n) is 13.7. The van der Waals surface area contributed by atoms with Crippen LogP contribution >= 0.6 is 0 Å². The highest BCUT2D eigenvalue weighted by Gasteiger charge is 2.46. The maximum absolute atomic E-state index is 14.7. The molecule has 30 nitrogen and oxygen atoms in total. The number of alkyl halides is 4. The number of halogens is 4. The number of carbonyl (C=O) groups is 2. The quantitative estimate of drug-likeness (QED) is 0.0153. The van der Waals surface area contributed by atoms with Gasteiger partial charge in [0.1, 0.15) is 13.2 Å². The SMILES string of the molecule is CCC1C#CC(F)(F)COS(=O)(=O)N1.CCC1NS(=O)(=O)OCC(F)(F)c2c(C(=O)NCc3ccccc3)n[nH]c21.CCCCCC1C#CCCOS(=O)(=O)N1.CCCCCC1NS(=O)(=O)OCCc2c(C)nnc(C)c21.Cc1nnc(C)nn1.[N-]=[N+]=CC(=O)NCc1ccccc1. The van der Waals surface area contributed by atoms with E-state index in [0.717, 1.165) is 91.2 Å². The van der Waals surface area contributed by atoms with Crippen molar-refractivity contribution in [3.05, 3.63) is 128 Å². The molecule has 0 spiro atoms. The number of aryl methyl sites for hydroxylation is 4. The van der Waals surface area contributed by atoms with Crippen LogP contribution in [0.2, 0.25) is 0 Å². The van der Waals surface area contributed by atoms with Crippen molar-refractivity contribution in [3.63, 3.8) is 0 Å². The van der Waals surface area contributed by atoms with Crippen LogP contribution in [0, 0.1) is 51.4 Å². The van der Waals surface area contributed by atoms with Crippen LogP contribution < -0.4 is 29.5 Å². The van der Waals surface area contributed by atoms with Crippen LogP contribution in [0.1, 0.15) is 177 Å². The van der Waals surface area contributed by atoms with Crippen molar-refractivity contribution in [2.75, 3.05) is 26.4 Å². The number of amides is 2. The Hall–Kier alpha value is -7.69. The minimum absolute atomic E-state index is 0.132. The number of benzene rings is 2. The fourth-order valence-corrected chi connectivity index (χ4v) is 12.7. The predicted molar refractivity (Wildman–Crippen MR) is 349 cm³/mol. The van der Waals surface area contributed by atoms with E-state index in [1.807, 2.05) is 55.0 Å². The molecular weight excluding hydrogens is 1370 g/mol. The summed E-state index contributed by atoms with van der Waals surface area (Å²) in [6.07, 6.45) is 10.1. The van der Waals surface area contributed by atoms with E-state index in [1.165, 1.54) is 0 Å². The van der Waals surface area contributed by atoms with E-state index >= 15 is 0 Å². The van der Waals surface area contributed by atoms with Gasteiger partial charge in [-0.05, 0) is 88.0 Å². The van der Waals surface area contributed by atoms with Gasteiger partial charge in [-0.2, -0.15) is 90.2 Å². The molecule has 4 atom stereocenters. The molecule has 4 aliphatic heterocycles. The highest BCUT2D eigenvalue weighted by molar-refractivity contribution is 7.85. The Bertz CT molecular complexity index is 4010. The lowest BCUT2D eigenvalue weighted by Crippen LogP contribution is -2.39. The van der Waals surface area contributed by atoms with Gasteiger partial charge in [-0.1, -0.05) is 145 Å². The third-order valence-corrected chi connectivity index (χ3v) is 17.8. The molecule has 538 valence electrons. The standard InChI is InChI=1S/C16H18F2N4O4S.C14H23N3O3S.C10H17NO3S.C9H9N3O.C7H9F2NO3S.C4H6N4/c1-2-11-13-12(16(17,18)9-26-27(24,25)22-11)14(21-20-13)15(23)19-8-10-6-4-3-5-7-10;1-4-5-6-7-13-14-11(3)16-15-10(2)12(14)8-9-20-21(18,19)17-13;1-2-3-4-7-10-8-5-6-9-14-15(12,13)11-10;10-12-7-9(13)11-6-8-4-2-1-3-5-8;1-2-6-3-4-7(8,9)5-13-14(11,12)10-6;1-3-5-7-4(2)8-6-3/h3-7,11,22H,2,8-9H2,1H3,(H,19,23)(H,20,21);13,17H,4-9H2,1-3H3;10-11H,2-4,6-7,9H2,1H3;1-5,7H,6H2,(H,11,13);6,10H,2,5H2,1H3;1-2H3. The molecule has 4 aliphatic rings. The number of fused-ring (bicyclic) bond motifs is 2. The van der Waals surface area contributed by atoms with E-state index in [2.05, 4.69) is 115 Å². The van der Waals surface area contributed by atoms with Crippen molar-refractivity contribution in [3.8, 4) is 23.7 Å². The van der Waals surface area contributed by atoms with E-state index in [-0.39, 0.29) is 44.0 Å². The van der Waals surface area contributed by atoms with Crippen molar-refractivity contribution in [1.82, 2.24) is 70.3 Å². The average molecular weight is 1460 g/mol. The van der Waals surface area contributed by atoms with E-state index in [1.54, 1.807) is 57.9 Å². The number of H-pyrrole nitrogens is 1. The number of nitrogens with one attached hydrogen (secondary N) is 7. The fraction of sp³-hybridized carbons (Fsp3) is 0.533. The zero-order chi connectivity index (χ0) is 72.6. The zero-order valence-corrected chi connectivity index (χ0v) is 58.5. The van der Waals surface area contributed by atoms with Gasteiger partial charge >= 0.3 is 65.2 Å². The maximum atomic E-state index is 14.7. The van der Waals surface area contributed by atoms with Crippen LogP contribution in [0.5, 0.6) is 0 Å². The van der Waals surface area contributed by atoms with Gasteiger partial charge in [0.05, 0.1) is 60.0 Å². The average Bonchev–Trinajstić information content (AvgIpc) is 1.54. The minimum Gasteiger partial charge on any atom is -0.361 e. The molecule has 2 aromatic carbocycles. The van der Waals surface area contributed by atoms with Crippen LogP contribution in [-0.2, 0) is 88.2 Å². The molecule has 38 heteroatoms. The molecule has 4 unspecified atom stereocenters. The lowest BCUT2D eigenvalue weighted by molar-refractivity contribution is -0.118. The number of nitrogens with zero attached hydrogens (tertiary/aromatic N) is 9. The number of carbonyl (C=O) groups excluding carboxylic acids is 2. The second kappa shape index (κ2) is 40.4. The van der Waals surface area contributed by atoms with E-state index in [0.29, 0.717) is 37.5 Å². The van der Waals surface area contributed by atoms with E-state index < -0.39 is 101 Å². The van der Waals surface area contributed by atoms with E-state index in [4.69, 9.17) is 9.71 Å². The highest BCUT2D eigenvalue weighted by atomic mass is 32.2. The Kier molecular flexibility index (Phi) is 34.1.